The van der Waals surface area contributed by atoms with Crippen LogP contribution in [0.3, 0.4) is 0 Å². The molecule has 1 unspecified atom stereocenters. The van der Waals surface area contributed by atoms with Crippen molar-refractivity contribution in [3.05, 3.63) is 22.8 Å². The van der Waals surface area contributed by atoms with Crippen molar-refractivity contribution >= 4 is 23.3 Å². The van der Waals surface area contributed by atoms with E-state index >= 15 is 0 Å². The van der Waals surface area contributed by atoms with Crippen LogP contribution < -0.4 is 4.90 Å². The molecule has 1 aromatic heterocycles. The Hall–Kier alpha value is -1.33. The number of piperidine rings is 2. The maximum absolute atomic E-state index is 12.6. The van der Waals surface area contributed by atoms with Gasteiger partial charge in [-0.05, 0) is 45.1 Å². The molecule has 3 heterocycles. The van der Waals surface area contributed by atoms with E-state index in [2.05, 4.69) is 9.88 Å². The van der Waals surface area contributed by atoms with E-state index in [9.17, 15) is 4.79 Å². The fraction of sp³-hybridized carbons (Fsp3) is 0.667. The van der Waals surface area contributed by atoms with E-state index in [-0.39, 0.29) is 12.0 Å². The van der Waals surface area contributed by atoms with E-state index < -0.39 is 0 Å². The lowest BCUT2D eigenvalue weighted by molar-refractivity contribution is 0.0525. The molecule has 24 heavy (non-hydrogen) atoms. The van der Waals surface area contributed by atoms with Crippen molar-refractivity contribution in [2.75, 3.05) is 37.7 Å². The Morgan fingerprint density at radius 1 is 1.29 bits per heavy atom. The van der Waals surface area contributed by atoms with Gasteiger partial charge in [0.15, 0.2) is 0 Å². The number of amides is 1. The van der Waals surface area contributed by atoms with Crippen molar-refractivity contribution in [1.82, 2.24) is 9.88 Å². The zero-order valence-corrected chi connectivity index (χ0v) is 15.1. The second kappa shape index (κ2) is 8.17. The van der Waals surface area contributed by atoms with Crippen LogP contribution in [0.1, 0.15) is 49.4 Å². The summed E-state index contributed by atoms with van der Waals surface area (Å²) in [6.07, 6.45) is 7.41. The van der Waals surface area contributed by atoms with E-state index in [1.165, 1.54) is 6.42 Å². The highest BCUT2D eigenvalue weighted by molar-refractivity contribution is 6.33. The van der Waals surface area contributed by atoms with Gasteiger partial charge in [-0.2, -0.15) is 0 Å². The summed E-state index contributed by atoms with van der Waals surface area (Å²) in [5.74, 6) is 0.803. The quantitative estimate of drug-likeness (QED) is 0.834. The molecule has 5 nitrogen and oxygen atoms in total. The van der Waals surface area contributed by atoms with Crippen molar-refractivity contribution in [1.29, 1.82) is 0 Å². The van der Waals surface area contributed by atoms with Crippen molar-refractivity contribution in [2.45, 2.75) is 45.1 Å². The number of halogens is 1. The third-order valence-corrected chi connectivity index (χ3v) is 5.07. The molecule has 0 saturated carbocycles. The van der Waals surface area contributed by atoms with Crippen LogP contribution >= 0.6 is 11.6 Å². The lowest BCUT2D eigenvalue weighted by Crippen LogP contribution is -2.40. The summed E-state index contributed by atoms with van der Waals surface area (Å²) < 4.78 is 5.74. The van der Waals surface area contributed by atoms with Gasteiger partial charge in [-0.25, -0.2) is 4.98 Å². The van der Waals surface area contributed by atoms with Crippen LogP contribution in [-0.4, -0.2) is 54.7 Å². The summed E-state index contributed by atoms with van der Waals surface area (Å²) >= 11 is 6.45. The molecule has 3 rings (SSSR count). The molecule has 1 amide bonds. The first-order valence-electron chi connectivity index (χ1n) is 9.00. The van der Waals surface area contributed by atoms with Crippen LogP contribution in [0.15, 0.2) is 12.3 Å². The Labute approximate surface area is 148 Å². The molecular weight excluding hydrogens is 326 g/mol. The molecule has 0 aliphatic carbocycles. The highest BCUT2D eigenvalue weighted by Gasteiger charge is 2.24. The molecule has 2 fully saturated rings. The number of anilines is 1. The van der Waals surface area contributed by atoms with Crippen LogP contribution in [0.2, 0.25) is 5.02 Å². The highest BCUT2D eigenvalue weighted by atomic mass is 35.5. The summed E-state index contributed by atoms with van der Waals surface area (Å²) in [4.78, 5) is 21.1. The molecule has 0 aromatic carbocycles. The van der Waals surface area contributed by atoms with Crippen molar-refractivity contribution in [3.8, 4) is 0 Å². The van der Waals surface area contributed by atoms with E-state index in [0.717, 1.165) is 64.3 Å². The SMILES string of the molecule is CCOC1CCCN(c2ncc(C(=O)N3CCCCC3)cc2Cl)C1. The topological polar surface area (TPSA) is 45.7 Å². The van der Waals surface area contributed by atoms with Gasteiger partial charge in [-0.1, -0.05) is 11.6 Å². The monoisotopic (exact) mass is 351 g/mol. The Morgan fingerprint density at radius 3 is 2.79 bits per heavy atom. The summed E-state index contributed by atoms with van der Waals surface area (Å²) in [5, 5.41) is 0.551. The van der Waals surface area contributed by atoms with Crippen LogP contribution in [-0.2, 0) is 4.74 Å². The first kappa shape index (κ1) is 17.5. The van der Waals surface area contributed by atoms with Crippen molar-refractivity contribution < 1.29 is 9.53 Å². The Bertz CT molecular complexity index is 573. The number of rotatable bonds is 4. The number of carbonyl (C=O) groups excluding carboxylic acids is 1. The second-order valence-electron chi connectivity index (χ2n) is 6.55. The molecule has 1 atom stereocenters. The van der Waals surface area contributed by atoms with Gasteiger partial charge in [-0.15, -0.1) is 0 Å². The van der Waals surface area contributed by atoms with E-state index in [4.69, 9.17) is 16.3 Å². The number of carbonyl (C=O) groups is 1. The molecule has 0 radical (unpaired) electrons. The minimum atomic E-state index is 0.0430. The van der Waals surface area contributed by atoms with Crippen molar-refractivity contribution in [2.24, 2.45) is 0 Å². The molecule has 0 N–H and O–H groups in total. The smallest absolute Gasteiger partial charge is 0.255 e. The summed E-state index contributed by atoms with van der Waals surface area (Å²) in [6.45, 7) is 6.14. The van der Waals surface area contributed by atoms with Crippen LogP contribution in [0.25, 0.3) is 0 Å². The highest BCUT2D eigenvalue weighted by Crippen LogP contribution is 2.28. The van der Waals surface area contributed by atoms with Crippen molar-refractivity contribution in [3.63, 3.8) is 0 Å². The number of pyridine rings is 1. The number of likely N-dealkylation sites (tertiary alicyclic amines) is 1. The lowest BCUT2D eigenvalue weighted by atomic mass is 10.1. The Balaban J connectivity index is 1.71. The molecule has 0 spiro atoms. The molecule has 132 valence electrons. The zero-order chi connectivity index (χ0) is 16.9. The van der Waals surface area contributed by atoms with E-state index in [0.29, 0.717) is 10.6 Å². The first-order valence-corrected chi connectivity index (χ1v) is 9.38. The molecule has 2 aliphatic heterocycles. The molecule has 1 aromatic rings. The standard InChI is InChI=1S/C18H26ClN3O2/c1-2-24-15-7-6-10-22(13-15)17-16(19)11-14(12-20-17)18(23)21-8-4-3-5-9-21/h11-12,15H,2-10,13H2,1H3. The molecule has 0 bridgehead atoms. The average molecular weight is 352 g/mol. The fourth-order valence-electron chi connectivity index (χ4n) is 3.56. The molecule has 6 heteroatoms. The minimum Gasteiger partial charge on any atom is -0.377 e. The predicted octanol–water partition coefficient (Wildman–Crippen LogP) is 3.37. The van der Waals surface area contributed by atoms with Crippen LogP contribution in [0.5, 0.6) is 0 Å². The third-order valence-electron chi connectivity index (χ3n) is 4.79. The largest absolute Gasteiger partial charge is 0.377 e. The van der Waals surface area contributed by atoms with Gasteiger partial charge >= 0.3 is 0 Å². The van der Waals surface area contributed by atoms with E-state index in [1.807, 2.05) is 11.8 Å². The van der Waals surface area contributed by atoms with Gasteiger partial charge in [-0.3, -0.25) is 4.79 Å². The minimum absolute atomic E-state index is 0.0430. The second-order valence-corrected chi connectivity index (χ2v) is 6.96. The molecule has 2 aliphatic rings. The summed E-state index contributed by atoms with van der Waals surface area (Å²) in [6, 6.07) is 1.77. The van der Waals surface area contributed by atoms with Gasteiger partial charge in [0.2, 0.25) is 0 Å². The van der Waals surface area contributed by atoms with Crippen LogP contribution in [0.4, 0.5) is 5.82 Å². The van der Waals surface area contributed by atoms with Gasteiger partial charge < -0.3 is 14.5 Å². The molecular formula is C18H26ClN3O2. The number of nitrogens with zero attached hydrogens (tertiary/aromatic N) is 3. The number of hydrogen-bond donors (Lipinski definition) is 0. The van der Waals surface area contributed by atoms with Gasteiger partial charge in [0.1, 0.15) is 5.82 Å². The maximum atomic E-state index is 12.6. The zero-order valence-electron chi connectivity index (χ0n) is 14.3. The third kappa shape index (κ3) is 4.01. The average Bonchev–Trinajstić information content (AvgIpc) is 2.62. The number of ether oxygens (including phenoxy) is 1. The van der Waals surface area contributed by atoms with Crippen LogP contribution in [0, 0.1) is 0 Å². The predicted molar refractivity (Wildman–Crippen MR) is 95.9 cm³/mol. The maximum Gasteiger partial charge on any atom is 0.255 e. The Kier molecular flexibility index (Phi) is 5.95. The first-order chi connectivity index (χ1) is 11.7. The number of aromatic nitrogens is 1. The summed E-state index contributed by atoms with van der Waals surface area (Å²) in [5.41, 5.74) is 0.587. The number of hydrogen-bond acceptors (Lipinski definition) is 4. The van der Waals surface area contributed by atoms with E-state index in [1.54, 1.807) is 12.3 Å². The normalized spacial score (nSPS) is 21.8. The molecule has 2 saturated heterocycles. The van der Waals surface area contributed by atoms with Gasteiger partial charge in [0, 0.05) is 39.0 Å². The van der Waals surface area contributed by atoms with Gasteiger partial charge in [0.05, 0.1) is 16.7 Å². The van der Waals surface area contributed by atoms with Gasteiger partial charge in [0.25, 0.3) is 5.91 Å². The Morgan fingerprint density at radius 2 is 2.08 bits per heavy atom. The fourth-order valence-corrected chi connectivity index (χ4v) is 3.85. The summed E-state index contributed by atoms with van der Waals surface area (Å²) in [7, 11) is 0. The lowest BCUT2D eigenvalue weighted by Gasteiger charge is -2.34.